The van der Waals surface area contributed by atoms with Gasteiger partial charge in [-0.05, 0) is 31.5 Å². The second kappa shape index (κ2) is 5.45. The molecular weight excluding hydrogens is 300 g/mol. The molecule has 0 saturated carbocycles. The maximum atomic E-state index is 12.6. The molecule has 24 heavy (non-hydrogen) atoms. The second-order valence-corrected chi connectivity index (χ2v) is 5.95. The van der Waals surface area contributed by atoms with Crippen LogP contribution in [0.25, 0.3) is 21.9 Å². The zero-order valence-corrected chi connectivity index (χ0v) is 13.4. The fraction of sp³-hybridized carbons (Fsp3) is 0.105. The predicted octanol–water partition coefficient (Wildman–Crippen LogP) is 3.38. The Morgan fingerprint density at radius 2 is 1.83 bits per heavy atom. The molecule has 118 valence electrons. The van der Waals surface area contributed by atoms with Crippen LogP contribution in [-0.2, 0) is 0 Å². The lowest BCUT2D eigenvalue weighted by atomic mass is 10.2. The first-order valence-corrected chi connectivity index (χ1v) is 7.72. The Bertz CT molecular complexity index is 1130. The van der Waals surface area contributed by atoms with Crippen LogP contribution in [0.3, 0.4) is 0 Å². The first kappa shape index (κ1) is 14.4. The molecule has 0 aliphatic carbocycles. The van der Waals surface area contributed by atoms with Gasteiger partial charge in [-0.2, -0.15) is 9.78 Å². The van der Waals surface area contributed by atoms with Gasteiger partial charge >= 0.3 is 0 Å². The van der Waals surface area contributed by atoms with Crippen molar-refractivity contribution >= 4 is 28.2 Å². The monoisotopic (exact) mass is 316 g/mol. The molecule has 0 radical (unpaired) electrons. The first-order valence-electron chi connectivity index (χ1n) is 7.72. The highest BCUT2D eigenvalue weighted by Gasteiger charge is 2.10. The molecule has 2 heterocycles. The number of nitrogens with one attached hydrogen (secondary N) is 1. The van der Waals surface area contributed by atoms with Crippen molar-refractivity contribution < 1.29 is 0 Å². The second-order valence-electron chi connectivity index (χ2n) is 5.95. The molecule has 0 fully saturated rings. The average Bonchev–Trinajstić information content (AvgIpc) is 2.95. The largest absolute Gasteiger partial charge is 0.349 e. The molecule has 0 spiro atoms. The molecule has 4 rings (SSSR count). The molecule has 2 aromatic carbocycles. The predicted molar refractivity (Wildman–Crippen MR) is 96.8 cm³/mol. The van der Waals surface area contributed by atoms with Crippen molar-refractivity contribution in [3.8, 4) is 0 Å². The normalized spacial score (nSPS) is 11.8. The van der Waals surface area contributed by atoms with Crippen LogP contribution in [0.15, 0.2) is 58.7 Å². The van der Waals surface area contributed by atoms with E-state index >= 15 is 0 Å². The first-order chi connectivity index (χ1) is 11.6. The van der Waals surface area contributed by atoms with Gasteiger partial charge in [0.25, 0.3) is 5.56 Å². The standard InChI is InChI=1S/C19H16N4O/c1-12-3-6-14(7-4-12)10-21-23-11-20-17-15-9-13(2)5-8-16(15)22-18(17)19(23)24/h3-11,22H,1-2H3. The highest BCUT2D eigenvalue weighted by molar-refractivity contribution is 6.04. The molecule has 0 atom stereocenters. The molecule has 4 aromatic rings. The van der Waals surface area contributed by atoms with E-state index in [1.165, 1.54) is 16.6 Å². The lowest BCUT2D eigenvalue weighted by Gasteiger charge is -1.98. The number of hydrogen-bond donors (Lipinski definition) is 1. The van der Waals surface area contributed by atoms with Crippen LogP contribution in [0.5, 0.6) is 0 Å². The van der Waals surface area contributed by atoms with E-state index in [4.69, 9.17) is 0 Å². The maximum Gasteiger partial charge on any atom is 0.298 e. The van der Waals surface area contributed by atoms with Crippen molar-refractivity contribution in [3.63, 3.8) is 0 Å². The lowest BCUT2D eigenvalue weighted by Crippen LogP contribution is -2.17. The topological polar surface area (TPSA) is 63.0 Å². The third-order valence-electron chi connectivity index (χ3n) is 4.05. The zero-order chi connectivity index (χ0) is 16.7. The molecule has 0 amide bonds. The minimum Gasteiger partial charge on any atom is -0.349 e. The van der Waals surface area contributed by atoms with Gasteiger partial charge < -0.3 is 4.98 Å². The van der Waals surface area contributed by atoms with Crippen molar-refractivity contribution in [1.82, 2.24) is 14.6 Å². The average molecular weight is 316 g/mol. The Labute approximate surface area is 138 Å². The molecule has 0 aliphatic rings. The molecule has 5 nitrogen and oxygen atoms in total. The van der Waals surface area contributed by atoms with Crippen LogP contribution in [0, 0.1) is 13.8 Å². The van der Waals surface area contributed by atoms with Crippen LogP contribution in [0.2, 0.25) is 0 Å². The molecule has 0 unspecified atom stereocenters. The third kappa shape index (κ3) is 2.40. The lowest BCUT2D eigenvalue weighted by molar-refractivity contribution is 0.815. The highest BCUT2D eigenvalue weighted by Crippen LogP contribution is 2.22. The summed E-state index contributed by atoms with van der Waals surface area (Å²) in [6.07, 6.45) is 3.12. The quantitative estimate of drug-likeness (QED) is 0.576. The summed E-state index contributed by atoms with van der Waals surface area (Å²) in [7, 11) is 0. The summed E-state index contributed by atoms with van der Waals surface area (Å²) < 4.78 is 1.25. The number of hydrogen-bond acceptors (Lipinski definition) is 3. The highest BCUT2D eigenvalue weighted by atomic mass is 16.1. The summed E-state index contributed by atoms with van der Waals surface area (Å²) in [5, 5.41) is 5.20. The van der Waals surface area contributed by atoms with Crippen molar-refractivity contribution in [1.29, 1.82) is 0 Å². The van der Waals surface area contributed by atoms with E-state index in [1.807, 2.05) is 56.3 Å². The van der Waals surface area contributed by atoms with Gasteiger partial charge in [0.2, 0.25) is 0 Å². The van der Waals surface area contributed by atoms with Gasteiger partial charge in [-0.3, -0.25) is 4.79 Å². The minimum absolute atomic E-state index is 0.211. The molecule has 2 aromatic heterocycles. The van der Waals surface area contributed by atoms with E-state index in [9.17, 15) is 4.79 Å². The van der Waals surface area contributed by atoms with E-state index in [0.717, 1.165) is 22.0 Å². The van der Waals surface area contributed by atoms with Crippen molar-refractivity contribution in [2.75, 3.05) is 0 Å². The summed E-state index contributed by atoms with van der Waals surface area (Å²) in [6.45, 7) is 4.05. The van der Waals surface area contributed by atoms with E-state index in [2.05, 4.69) is 15.1 Å². The van der Waals surface area contributed by atoms with Crippen LogP contribution < -0.4 is 5.56 Å². The number of aromatic nitrogens is 3. The minimum atomic E-state index is -0.211. The molecule has 1 N–H and O–H groups in total. The summed E-state index contributed by atoms with van der Waals surface area (Å²) in [5.74, 6) is 0. The molecule has 0 aliphatic heterocycles. The summed E-state index contributed by atoms with van der Waals surface area (Å²) in [6, 6.07) is 13.9. The Balaban J connectivity index is 1.82. The van der Waals surface area contributed by atoms with Crippen LogP contribution in [0.4, 0.5) is 0 Å². The fourth-order valence-electron chi connectivity index (χ4n) is 2.72. The van der Waals surface area contributed by atoms with Gasteiger partial charge in [-0.25, -0.2) is 4.98 Å². The molecule has 0 bridgehead atoms. The Kier molecular flexibility index (Phi) is 3.27. The number of aryl methyl sites for hydroxylation is 2. The third-order valence-corrected chi connectivity index (χ3v) is 4.05. The van der Waals surface area contributed by atoms with Crippen LogP contribution in [0.1, 0.15) is 16.7 Å². The number of aromatic amines is 1. The smallest absolute Gasteiger partial charge is 0.298 e. The summed E-state index contributed by atoms with van der Waals surface area (Å²) >= 11 is 0. The SMILES string of the molecule is Cc1ccc(C=Nn2cnc3c([nH]c4ccc(C)cc43)c2=O)cc1. The van der Waals surface area contributed by atoms with E-state index in [0.29, 0.717) is 11.0 Å². The molecule has 0 saturated heterocycles. The summed E-state index contributed by atoms with van der Waals surface area (Å²) in [5.41, 5.74) is 5.09. The molecular formula is C19H16N4O. The van der Waals surface area contributed by atoms with Gasteiger partial charge in [-0.15, -0.1) is 0 Å². The zero-order valence-electron chi connectivity index (χ0n) is 13.4. The number of nitrogens with zero attached hydrogens (tertiary/aromatic N) is 3. The van der Waals surface area contributed by atoms with Crippen LogP contribution in [-0.4, -0.2) is 20.9 Å². The number of rotatable bonds is 2. The number of fused-ring (bicyclic) bond motifs is 3. The van der Waals surface area contributed by atoms with Gasteiger partial charge in [0.15, 0.2) is 0 Å². The Morgan fingerprint density at radius 3 is 2.62 bits per heavy atom. The van der Waals surface area contributed by atoms with Crippen molar-refractivity contribution in [3.05, 3.63) is 75.8 Å². The van der Waals surface area contributed by atoms with E-state index < -0.39 is 0 Å². The van der Waals surface area contributed by atoms with E-state index in [1.54, 1.807) is 6.21 Å². The van der Waals surface area contributed by atoms with E-state index in [-0.39, 0.29) is 5.56 Å². The van der Waals surface area contributed by atoms with Gasteiger partial charge in [0, 0.05) is 10.9 Å². The molecule has 5 heteroatoms. The fourth-order valence-corrected chi connectivity index (χ4v) is 2.72. The van der Waals surface area contributed by atoms with Gasteiger partial charge in [0.1, 0.15) is 17.4 Å². The van der Waals surface area contributed by atoms with Crippen molar-refractivity contribution in [2.45, 2.75) is 13.8 Å². The van der Waals surface area contributed by atoms with Crippen molar-refractivity contribution in [2.24, 2.45) is 5.10 Å². The van der Waals surface area contributed by atoms with Crippen LogP contribution >= 0.6 is 0 Å². The number of H-pyrrole nitrogens is 1. The Hall–Kier alpha value is -3.21. The summed E-state index contributed by atoms with van der Waals surface area (Å²) in [4.78, 5) is 20.2. The number of benzene rings is 2. The van der Waals surface area contributed by atoms with Gasteiger partial charge in [0.05, 0.1) is 6.21 Å². The maximum absolute atomic E-state index is 12.6. The Morgan fingerprint density at radius 1 is 1.08 bits per heavy atom. The van der Waals surface area contributed by atoms with Gasteiger partial charge in [-0.1, -0.05) is 41.5 Å².